The van der Waals surface area contributed by atoms with Crippen molar-refractivity contribution < 1.29 is 4.74 Å². The molecule has 3 heterocycles. The van der Waals surface area contributed by atoms with Crippen LogP contribution in [-0.2, 0) is 0 Å². The fraction of sp³-hybridized carbons (Fsp3) is 0.200. The lowest BCUT2D eigenvalue weighted by molar-refractivity contribution is 0.309. The second-order valence-electron chi connectivity index (χ2n) is 6.05. The molecule has 0 aliphatic rings. The maximum absolute atomic E-state index is 12.6. The van der Waals surface area contributed by atoms with Gasteiger partial charge in [-0.1, -0.05) is 24.7 Å². The Kier molecular flexibility index (Phi) is 4.93. The summed E-state index contributed by atoms with van der Waals surface area (Å²) in [5, 5.41) is 4.38. The molecule has 0 bridgehead atoms. The largest absolute Gasteiger partial charge is 0.494 e. The predicted molar refractivity (Wildman–Crippen MR) is 106 cm³/mol. The molecular weight excluding hydrogens is 360 g/mol. The molecular formula is C20H18N4O2S. The number of pyridine rings is 1. The van der Waals surface area contributed by atoms with E-state index in [2.05, 4.69) is 22.0 Å². The molecule has 1 aromatic carbocycles. The van der Waals surface area contributed by atoms with Gasteiger partial charge in [0.25, 0.3) is 5.56 Å². The highest BCUT2D eigenvalue weighted by atomic mass is 32.1. The van der Waals surface area contributed by atoms with Crippen LogP contribution in [0.4, 0.5) is 0 Å². The van der Waals surface area contributed by atoms with Gasteiger partial charge < -0.3 is 4.74 Å². The third-order valence-electron chi connectivity index (χ3n) is 4.06. The van der Waals surface area contributed by atoms with Crippen molar-refractivity contribution in [2.24, 2.45) is 0 Å². The number of thiazole rings is 1. The first-order valence-corrected chi connectivity index (χ1v) is 9.61. The Bertz CT molecular complexity index is 1150. The quantitative estimate of drug-likeness (QED) is 0.483. The van der Waals surface area contributed by atoms with Crippen molar-refractivity contribution in [3.63, 3.8) is 0 Å². The van der Waals surface area contributed by atoms with Crippen molar-refractivity contribution >= 4 is 22.4 Å². The molecule has 0 spiro atoms. The van der Waals surface area contributed by atoms with Crippen LogP contribution in [0.3, 0.4) is 0 Å². The number of rotatable bonds is 6. The van der Waals surface area contributed by atoms with Crippen LogP contribution >= 0.6 is 11.3 Å². The smallest absolute Gasteiger partial charge is 0.291 e. The van der Waals surface area contributed by atoms with E-state index in [1.165, 1.54) is 15.9 Å². The summed E-state index contributed by atoms with van der Waals surface area (Å²) in [6.07, 6.45) is 7.35. The summed E-state index contributed by atoms with van der Waals surface area (Å²) in [6.45, 7) is 2.84. The number of hydrogen-bond donors (Lipinski definition) is 0. The molecule has 0 fully saturated rings. The fourth-order valence-corrected chi connectivity index (χ4v) is 3.51. The zero-order valence-corrected chi connectivity index (χ0v) is 15.6. The molecule has 3 aromatic heterocycles. The lowest BCUT2D eigenvalue weighted by Gasteiger charge is -2.05. The molecule has 136 valence electrons. The Hall–Kier alpha value is -3.06. The molecule has 0 aliphatic heterocycles. The van der Waals surface area contributed by atoms with Gasteiger partial charge in [0.2, 0.25) is 4.96 Å². The van der Waals surface area contributed by atoms with Gasteiger partial charge in [0, 0.05) is 18.0 Å². The average molecular weight is 378 g/mol. The van der Waals surface area contributed by atoms with E-state index >= 15 is 0 Å². The molecule has 4 aromatic rings. The van der Waals surface area contributed by atoms with Gasteiger partial charge in [-0.3, -0.25) is 9.78 Å². The number of fused-ring (bicyclic) bond motifs is 1. The predicted octanol–water partition coefficient (Wildman–Crippen LogP) is 2.94. The summed E-state index contributed by atoms with van der Waals surface area (Å²) < 4.78 is 7.63. The zero-order chi connectivity index (χ0) is 18.6. The molecule has 0 amide bonds. The van der Waals surface area contributed by atoms with Crippen LogP contribution in [0.5, 0.6) is 5.75 Å². The van der Waals surface area contributed by atoms with Crippen LogP contribution in [0, 0.1) is 0 Å². The highest BCUT2D eigenvalue weighted by Crippen LogP contribution is 2.20. The SMILES string of the molecule is CCCCOc1ccc(-c2nc3s/c(=C\c4ccncc4)c(=O)n3n2)cc1. The third kappa shape index (κ3) is 3.73. The van der Waals surface area contributed by atoms with E-state index in [-0.39, 0.29) is 5.56 Å². The van der Waals surface area contributed by atoms with Gasteiger partial charge in [-0.05, 0) is 54.5 Å². The van der Waals surface area contributed by atoms with Crippen molar-refractivity contribution in [3.8, 4) is 17.1 Å². The van der Waals surface area contributed by atoms with Crippen molar-refractivity contribution in [1.82, 2.24) is 19.6 Å². The number of hydrogen-bond acceptors (Lipinski definition) is 6. The molecule has 7 heteroatoms. The molecule has 0 unspecified atom stereocenters. The van der Waals surface area contributed by atoms with Gasteiger partial charge in [0.1, 0.15) is 5.75 Å². The van der Waals surface area contributed by atoms with Crippen LogP contribution in [0.2, 0.25) is 0 Å². The van der Waals surface area contributed by atoms with Gasteiger partial charge >= 0.3 is 0 Å². The number of aromatic nitrogens is 4. The molecule has 0 N–H and O–H groups in total. The number of nitrogens with zero attached hydrogens (tertiary/aromatic N) is 4. The molecule has 4 rings (SSSR count). The van der Waals surface area contributed by atoms with E-state index in [0.29, 0.717) is 21.9 Å². The van der Waals surface area contributed by atoms with Crippen LogP contribution in [0.1, 0.15) is 25.3 Å². The maximum Gasteiger partial charge on any atom is 0.291 e. The monoisotopic (exact) mass is 378 g/mol. The van der Waals surface area contributed by atoms with E-state index in [4.69, 9.17) is 4.74 Å². The third-order valence-corrected chi connectivity index (χ3v) is 5.02. The van der Waals surface area contributed by atoms with E-state index in [1.807, 2.05) is 42.5 Å². The van der Waals surface area contributed by atoms with Crippen LogP contribution in [0.15, 0.2) is 53.6 Å². The summed E-state index contributed by atoms with van der Waals surface area (Å²) in [5.41, 5.74) is 1.61. The van der Waals surface area contributed by atoms with Crippen molar-refractivity contribution in [1.29, 1.82) is 0 Å². The van der Waals surface area contributed by atoms with Gasteiger partial charge in [0.15, 0.2) is 5.82 Å². The van der Waals surface area contributed by atoms with Gasteiger partial charge in [-0.15, -0.1) is 5.10 Å². The fourth-order valence-electron chi connectivity index (χ4n) is 2.60. The highest BCUT2D eigenvalue weighted by Gasteiger charge is 2.12. The second kappa shape index (κ2) is 7.67. The number of ether oxygens (including phenoxy) is 1. The van der Waals surface area contributed by atoms with E-state index in [1.54, 1.807) is 12.4 Å². The standard InChI is InChI=1S/C20H18N4O2S/c1-2-3-12-26-16-6-4-15(5-7-16)18-22-20-24(23-18)19(25)17(27-20)13-14-8-10-21-11-9-14/h4-11,13H,2-3,12H2,1H3/b17-13-. The van der Waals surface area contributed by atoms with E-state index < -0.39 is 0 Å². The molecule has 27 heavy (non-hydrogen) atoms. The van der Waals surface area contributed by atoms with Crippen molar-refractivity contribution in [3.05, 3.63) is 69.2 Å². The first-order chi connectivity index (χ1) is 13.2. The Morgan fingerprint density at radius 1 is 1.15 bits per heavy atom. The zero-order valence-electron chi connectivity index (χ0n) is 14.8. The lowest BCUT2D eigenvalue weighted by atomic mass is 10.2. The summed E-state index contributed by atoms with van der Waals surface area (Å²) in [7, 11) is 0. The van der Waals surface area contributed by atoms with Crippen LogP contribution in [0.25, 0.3) is 22.4 Å². The van der Waals surface area contributed by atoms with E-state index in [9.17, 15) is 4.79 Å². The summed E-state index contributed by atoms with van der Waals surface area (Å²) >= 11 is 1.33. The van der Waals surface area contributed by atoms with Gasteiger partial charge in [-0.2, -0.15) is 9.50 Å². The Morgan fingerprint density at radius 2 is 1.93 bits per heavy atom. The van der Waals surface area contributed by atoms with Gasteiger partial charge in [-0.25, -0.2) is 0 Å². The summed E-state index contributed by atoms with van der Waals surface area (Å²) in [6, 6.07) is 11.3. The van der Waals surface area contributed by atoms with Crippen molar-refractivity contribution in [2.45, 2.75) is 19.8 Å². The number of benzene rings is 1. The Labute approximate surface area is 159 Å². The summed E-state index contributed by atoms with van der Waals surface area (Å²) in [5.74, 6) is 1.36. The minimum atomic E-state index is -0.162. The molecule has 0 aliphatic carbocycles. The Balaban J connectivity index is 1.61. The van der Waals surface area contributed by atoms with Gasteiger partial charge in [0.05, 0.1) is 11.1 Å². The first kappa shape index (κ1) is 17.4. The van der Waals surface area contributed by atoms with Crippen LogP contribution < -0.4 is 14.8 Å². The lowest BCUT2D eigenvalue weighted by Crippen LogP contribution is -2.23. The second-order valence-corrected chi connectivity index (χ2v) is 7.06. The topological polar surface area (TPSA) is 69.4 Å². The highest BCUT2D eigenvalue weighted by molar-refractivity contribution is 7.15. The Morgan fingerprint density at radius 3 is 2.63 bits per heavy atom. The minimum absolute atomic E-state index is 0.162. The summed E-state index contributed by atoms with van der Waals surface area (Å²) in [4.78, 5) is 21.7. The van der Waals surface area contributed by atoms with Crippen LogP contribution in [-0.4, -0.2) is 26.2 Å². The number of unbranched alkanes of at least 4 members (excludes halogenated alkanes) is 1. The molecule has 0 radical (unpaired) electrons. The minimum Gasteiger partial charge on any atom is -0.494 e. The molecule has 0 saturated carbocycles. The average Bonchev–Trinajstić information content (AvgIpc) is 3.23. The molecule has 6 nitrogen and oxygen atoms in total. The normalized spacial score (nSPS) is 12.0. The molecule has 0 saturated heterocycles. The van der Waals surface area contributed by atoms with Crippen molar-refractivity contribution in [2.75, 3.05) is 6.61 Å². The van der Waals surface area contributed by atoms with E-state index in [0.717, 1.165) is 29.7 Å². The maximum atomic E-state index is 12.6. The first-order valence-electron chi connectivity index (χ1n) is 8.79. The molecule has 0 atom stereocenters.